The minimum Gasteiger partial charge on any atom is -0.505 e. The second-order valence-electron chi connectivity index (χ2n) is 1.77. The summed E-state index contributed by atoms with van der Waals surface area (Å²) in [6.07, 6.45) is 6.60. The summed E-state index contributed by atoms with van der Waals surface area (Å²) in [7, 11) is 0. The van der Waals surface area contributed by atoms with Crippen molar-refractivity contribution in [3.8, 4) is 0 Å². The number of hydrogen-bond acceptors (Lipinski definition) is 1. The highest BCUT2D eigenvalue weighted by Gasteiger charge is 1.99. The van der Waals surface area contributed by atoms with Gasteiger partial charge in [-0.2, -0.15) is 0 Å². The predicted octanol–water partition coefficient (Wildman–Crippen LogP) is 2.24. The van der Waals surface area contributed by atoms with Crippen LogP contribution in [-0.2, 0) is 0 Å². The van der Waals surface area contributed by atoms with Crippen LogP contribution in [0.1, 0.15) is 6.42 Å². The third-order valence-corrected chi connectivity index (χ3v) is 1.07. The van der Waals surface area contributed by atoms with Gasteiger partial charge in [-0.25, -0.2) is 4.39 Å². The van der Waals surface area contributed by atoms with Crippen LogP contribution in [0.3, 0.4) is 0 Å². The molecule has 0 saturated carbocycles. The zero-order chi connectivity index (χ0) is 6.69. The maximum absolute atomic E-state index is 12.3. The highest BCUT2D eigenvalue weighted by Crippen LogP contribution is 2.11. The van der Waals surface area contributed by atoms with Gasteiger partial charge in [0, 0.05) is 0 Å². The lowest BCUT2D eigenvalue weighted by molar-refractivity contribution is 0.388. The molecule has 1 N–H and O–H groups in total. The van der Waals surface area contributed by atoms with Crippen LogP contribution in [0, 0.1) is 0 Å². The third kappa shape index (κ3) is 1.42. The molecule has 0 amide bonds. The molecule has 1 nitrogen and oxygen atoms in total. The molecule has 0 heterocycles. The zero-order valence-corrected chi connectivity index (χ0v) is 4.84. The lowest BCUT2D eigenvalue weighted by Gasteiger charge is -1.89. The molecule has 9 heavy (non-hydrogen) atoms. The minimum atomic E-state index is -0.566. The summed E-state index contributed by atoms with van der Waals surface area (Å²) in [6.45, 7) is 0. The summed E-state index contributed by atoms with van der Waals surface area (Å²) in [5.41, 5.74) is 0. The van der Waals surface area contributed by atoms with Crippen molar-refractivity contribution in [3.05, 3.63) is 35.9 Å². The Morgan fingerprint density at radius 1 is 1.56 bits per heavy atom. The first kappa shape index (κ1) is 6.08. The monoisotopic (exact) mass is 126 g/mol. The third-order valence-electron chi connectivity index (χ3n) is 1.07. The SMILES string of the molecule is OC1=CCC=CC=C1F. The molecule has 0 aromatic carbocycles. The van der Waals surface area contributed by atoms with Crippen LogP contribution in [0.5, 0.6) is 0 Å². The van der Waals surface area contributed by atoms with Gasteiger partial charge in [0.2, 0.25) is 0 Å². The van der Waals surface area contributed by atoms with Crippen LogP contribution in [0.25, 0.3) is 0 Å². The summed E-state index contributed by atoms with van der Waals surface area (Å²) in [4.78, 5) is 0. The minimum absolute atomic E-state index is 0.264. The Labute approximate surface area is 52.8 Å². The molecule has 0 spiro atoms. The molecule has 0 radical (unpaired) electrons. The topological polar surface area (TPSA) is 20.2 Å². The van der Waals surface area contributed by atoms with E-state index in [-0.39, 0.29) is 5.76 Å². The Morgan fingerprint density at radius 2 is 2.33 bits per heavy atom. The fourth-order valence-corrected chi connectivity index (χ4v) is 0.594. The van der Waals surface area contributed by atoms with Crippen molar-refractivity contribution < 1.29 is 9.50 Å². The van der Waals surface area contributed by atoms with Gasteiger partial charge in [0.05, 0.1) is 0 Å². The zero-order valence-electron chi connectivity index (χ0n) is 4.84. The van der Waals surface area contributed by atoms with Gasteiger partial charge in [-0.3, -0.25) is 0 Å². The molecule has 2 heteroatoms. The highest BCUT2D eigenvalue weighted by atomic mass is 19.1. The van der Waals surface area contributed by atoms with Crippen LogP contribution >= 0.6 is 0 Å². The maximum atomic E-state index is 12.3. The molecular weight excluding hydrogens is 119 g/mol. The molecule has 0 aromatic heterocycles. The molecule has 1 rings (SSSR count). The molecule has 0 unspecified atom stereocenters. The molecule has 0 fully saturated rings. The van der Waals surface area contributed by atoms with E-state index in [4.69, 9.17) is 5.11 Å². The second kappa shape index (κ2) is 2.49. The van der Waals surface area contributed by atoms with E-state index in [1.807, 2.05) is 0 Å². The van der Waals surface area contributed by atoms with Crippen molar-refractivity contribution in [2.75, 3.05) is 0 Å². The molecule has 1 aliphatic rings. The van der Waals surface area contributed by atoms with E-state index in [1.54, 1.807) is 12.2 Å². The van der Waals surface area contributed by atoms with Gasteiger partial charge in [-0.05, 0) is 18.6 Å². The Balaban J connectivity index is 2.85. The van der Waals surface area contributed by atoms with Crippen LogP contribution in [0.4, 0.5) is 4.39 Å². The first-order valence-electron chi connectivity index (χ1n) is 2.72. The van der Waals surface area contributed by atoms with Gasteiger partial charge in [0.1, 0.15) is 5.76 Å². The number of aliphatic hydroxyl groups excluding tert-OH is 1. The van der Waals surface area contributed by atoms with Crippen molar-refractivity contribution in [2.45, 2.75) is 6.42 Å². The summed E-state index contributed by atoms with van der Waals surface area (Å²) >= 11 is 0. The number of hydrogen-bond donors (Lipinski definition) is 1. The molecule has 0 atom stereocenters. The van der Waals surface area contributed by atoms with Crippen LogP contribution in [-0.4, -0.2) is 5.11 Å². The van der Waals surface area contributed by atoms with Crippen LogP contribution < -0.4 is 0 Å². The Kier molecular flexibility index (Phi) is 1.68. The quantitative estimate of drug-likeness (QED) is 0.527. The first-order chi connectivity index (χ1) is 4.30. The summed E-state index contributed by atoms with van der Waals surface area (Å²) in [6, 6.07) is 0. The van der Waals surface area contributed by atoms with E-state index in [9.17, 15) is 4.39 Å². The van der Waals surface area contributed by atoms with Crippen molar-refractivity contribution in [3.63, 3.8) is 0 Å². The Morgan fingerprint density at radius 3 is 3.11 bits per heavy atom. The van der Waals surface area contributed by atoms with Crippen molar-refractivity contribution in [1.29, 1.82) is 0 Å². The molecule has 0 aromatic rings. The van der Waals surface area contributed by atoms with Gasteiger partial charge < -0.3 is 5.11 Å². The molecule has 1 aliphatic carbocycles. The fraction of sp³-hybridized carbons (Fsp3) is 0.143. The van der Waals surface area contributed by atoms with E-state index >= 15 is 0 Å². The summed E-state index contributed by atoms with van der Waals surface area (Å²) in [5, 5.41) is 8.74. The van der Waals surface area contributed by atoms with Crippen molar-refractivity contribution in [1.82, 2.24) is 0 Å². The van der Waals surface area contributed by atoms with E-state index in [0.717, 1.165) is 0 Å². The molecule has 48 valence electrons. The van der Waals surface area contributed by atoms with E-state index in [1.165, 1.54) is 12.2 Å². The number of allylic oxidation sites excluding steroid dienone is 5. The summed E-state index contributed by atoms with van der Waals surface area (Å²) in [5.74, 6) is -0.830. The Bertz CT molecular complexity index is 189. The van der Waals surface area contributed by atoms with E-state index in [2.05, 4.69) is 0 Å². The molecule has 0 bridgehead atoms. The summed E-state index contributed by atoms with van der Waals surface area (Å²) < 4.78 is 12.3. The lowest BCUT2D eigenvalue weighted by Crippen LogP contribution is -1.77. The largest absolute Gasteiger partial charge is 0.505 e. The van der Waals surface area contributed by atoms with Crippen LogP contribution in [0.15, 0.2) is 35.9 Å². The molecule has 0 saturated heterocycles. The van der Waals surface area contributed by atoms with Gasteiger partial charge >= 0.3 is 0 Å². The Hall–Kier alpha value is -1.05. The van der Waals surface area contributed by atoms with E-state index < -0.39 is 5.83 Å². The van der Waals surface area contributed by atoms with Gasteiger partial charge in [-0.1, -0.05) is 12.2 Å². The first-order valence-corrected chi connectivity index (χ1v) is 2.72. The van der Waals surface area contributed by atoms with Crippen LogP contribution in [0.2, 0.25) is 0 Å². The van der Waals surface area contributed by atoms with Gasteiger partial charge in [0.15, 0.2) is 5.83 Å². The second-order valence-corrected chi connectivity index (χ2v) is 1.77. The van der Waals surface area contributed by atoms with Crippen molar-refractivity contribution >= 4 is 0 Å². The predicted molar refractivity (Wildman–Crippen MR) is 33.7 cm³/mol. The fourth-order valence-electron chi connectivity index (χ4n) is 0.594. The average Bonchev–Trinajstić information content (AvgIpc) is 1.99. The number of aliphatic hydroxyl groups is 1. The smallest absolute Gasteiger partial charge is 0.164 e. The van der Waals surface area contributed by atoms with Crippen molar-refractivity contribution in [2.24, 2.45) is 0 Å². The van der Waals surface area contributed by atoms with Gasteiger partial charge in [0.25, 0.3) is 0 Å². The van der Waals surface area contributed by atoms with E-state index in [0.29, 0.717) is 6.42 Å². The maximum Gasteiger partial charge on any atom is 0.164 e. The average molecular weight is 126 g/mol. The normalized spacial score (nSPS) is 18.3. The lowest BCUT2D eigenvalue weighted by atomic mass is 10.3. The standard InChI is InChI=1S/C7H7FO/c8-6-4-2-1-3-5-7(6)9/h1-2,4-5,9H,3H2. The molecular formula is C7H7FO. The number of halogens is 1. The van der Waals surface area contributed by atoms with Gasteiger partial charge in [-0.15, -0.1) is 0 Å². The number of rotatable bonds is 0. The molecule has 0 aliphatic heterocycles. The highest BCUT2D eigenvalue weighted by molar-refractivity contribution is 5.26.